The molecule has 5 nitrogen and oxygen atoms in total. The molecule has 1 aromatic rings. The molecule has 0 radical (unpaired) electrons. The Morgan fingerprint density at radius 2 is 1.65 bits per heavy atom. The van der Waals surface area contributed by atoms with Gasteiger partial charge in [-0.25, -0.2) is 15.8 Å². The molecule has 0 saturated carbocycles. The number of unbranched alkanes of at least 4 members (excludes halogenated alkanes) is 3. The lowest BCUT2D eigenvalue weighted by Gasteiger charge is -2.12. The first kappa shape index (κ1) is 16.7. The zero-order valence-electron chi connectivity index (χ0n) is 13.3. The second-order valence-corrected chi connectivity index (χ2v) is 5.76. The van der Waals surface area contributed by atoms with Crippen molar-refractivity contribution in [1.29, 1.82) is 0 Å². The van der Waals surface area contributed by atoms with Crippen LogP contribution >= 0.6 is 0 Å². The van der Waals surface area contributed by atoms with Crippen molar-refractivity contribution in [1.82, 2.24) is 9.97 Å². The zero-order chi connectivity index (χ0) is 15.0. The summed E-state index contributed by atoms with van der Waals surface area (Å²) in [6.07, 6.45) is 6.43. The van der Waals surface area contributed by atoms with Crippen LogP contribution in [0.4, 0.5) is 11.6 Å². The van der Waals surface area contributed by atoms with Gasteiger partial charge in [0.05, 0.1) is 0 Å². The van der Waals surface area contributed by atoms with Crippen molar-refractivity contribution in [3.63, 3.8) is 0 Å². The molecule has 0 aliphatic rings. The first-order valence-electron chi connectivity index (χ1n) is 7.60. The lowest BCUT2D eigenvalue weighted by Crippen LogP contribution is -2.14. The van der Waals surface area contributed by atoms with Gasteiger partial charge in [0.15, 0.2) is 0 Å². The van der Waals surface area contributed by atoms with Crippen LogP contribution in [0.5, 0.6) is 0 Å². The molecule has 0 aliphatic carbocycles. The summed E-state index contributed by atoms with van der Waals surface area (Å²) < 4.78 is 0. The quantitative estimate of drug-likeness (QED) is 0.367. The maximum Gasteiger partial charge on any atom is 0.148 e. The molecule has 0 bridgehead atoms. The summed E-state index contributed by atoms with van der Waals surface area (Å²) in [5, 5.41) is 3.38. The van der Waals surface area contributed by atoms with Gasteiger partial charge in [0.1, 0.15) is 17.5 Å². The van der Waals surface area contributed by atoms with Crippen molar-refractivity contribution >= 4 is 11.6 Å². The van der Waals surface area contributed by atoms with Gasteiger partial charge in [-0.15, -0.1) is 0 Å². The van der Waals surface area contributed by atoms with E-state index in [0.717, 1.165) is 29.7 Å². The maximum absolute atomic E-state index is 5.45. The van der Waals surface area contributed by atoms with Gasteiger partial charge in [0, 0.05) is 12.1 Å². The first-order chi connectivity index (χ1) is 9.54. The van der Waals surface area contributed by atoms with E-state index in [-0.39, 0.29) is 0 Å². The number of nitrogens with one attached hydrogen (secondary N) is 2. The van der Waals surface area contributed by atoms with Crippen molar-refractivity contribution in [3.05, 3.63) is 11.4 Å². The molecule has 20 heavy (non-hydrogen) atoms. The minimum Gasteiger partial charge on any atom is -0.370 e. The highest BCUT2D eigenvalue weighted by molar-refractivity contribution is 5.56. The maximum atomic E-state index is 5.45. The third kappa shape index (κ3) is 5.74. The summed E-state index contributed by atoms with van der Waals surface area (Å²) in [5.41, 5.74) is 3.58. The van der Waals surface area contributed by atoms with E-state index in [9.17, 15) is 0 Å². The second-order valence-electron chi connectivity index (χ2n) is 5.76. The van der Waals surface area contributed by atoms with Crippen LogP contribution in [0.2, 0.25) is 0 Å². The minimum atomic E-state index is 0.692. The average Bonchev–Trinajstić information content (AvgIpc) is 2.40. The Kier molecular flexibility index (Phi) is 7.30. The van der Waals surface area contributed by atoms with E-state index < -0.39 is 0 Å². The highest BCUT2D eigenvalue weighted by Gasteiger charge is 2.07. The van der Waals surface area contributed by atoms with Gasteiger partial charge in [-0.3, -0.25) is 0 Å². The van der Waals surface area contributed by atoms with Crippen molar-refractivity contribution < 1.29 is 0 Å². The smallest absolute Gasteiger partial charge is 0.148 e. The van der Waals surface area contributed by atoms with Crippen LogP contribution in [-0.4, -0.2) is 16.5 Å². The molecule has 0 fully saturated rings. The van der Waals surface area contributed by atoms with Crippen LogP contribution in [0.3, 0.4) is 0 Å². The second kappa shape index (κ2) is 8.74. The fraction of sp³-hybridized carbons (Fsp3) is 0.733. The van der Waals surface area contributed by atoms with Gasteiger partial charge >= 0.3 is 0 Å². The number of hydrazine groups is 1. The molecule has 0 atom stereocenters. The van der Waals surface area contributed by atoms with E-state index in [4.69, 9.17) is 5.84 Å². The largest absolute Gasteiger partial charge is 0.370 e. The van der Waals surface area contributed by atoms with Gasteiger partial charge in [0.25, 0.3) is 0 Å². The number of nitrogens with zero attached hydrogens (tertiary/aromatic N) is 2. The SMILES string of the molecule is Cc1nc(NN)c(C)c(NCCCCCCC(C)C)n1. The van der Waals surface area contributed by atoms with E-state index in [1.807, 2.05) is 13.8 Å². The molecule has 4 N–H and O–H groups in total. The Balaban J connectivity index is 2.30. The van der Waals surface area contributed by atoms with E-state index in [1.165, 1.54) is 32.1 Å². The van der Waals surface area contributed by atoms with Crippen LogP contribution in [0.1, 0.15) is 57.3 Å². The normalized spacial score (nSPS) is 10.9. The Bertz CT molecular complexity index is 403. The van der Waals surface area contributed by atoms with Crippen molar-refractivity contribution in [3.8, 4) is 0 Å². The molecule has 1 rings (SSSR count). The summed E-state index contributed by atoms with van der Waals surface area (Å²) in [6.45, 7) is 9.36. The van der Waals surface area contributed by atoms with E-state index in [2.05, 4.69) is 34.6 Å². The third-order valence-corrected chi connectivity index (χ3v) is 3.40. The molecule has 1 heterocycles. The summed E-state index contributed by atoms with van der Waals surface area (Å²) in [4.78, 5) is 8.67. The third-order valence-electron chi connectivity index (χ3n) is 3.40. The number of anilines is 2. The Hall–Kier alpha value is -1.36. The molecule has 5 heteroatoms. The van der Waals surface area contributed by atoms with Gasteiger partial charge in [0.2, 0.25) is 0 Å². The van der Waals surface area contributed by atoms with Gasteiger partial charge in [-0.05, 0) is 26.2 Å². The average molecular weight is 279 g/mol. The van der Waals surface area contributed by atoms with Crippen molar-refractivity contribution in [2.45, 2.75) is 59.8 Å². The number of nitrogen functional groups attached to an aromatic ring is 1. The van der Waals surface area contributed by atoms with E-state index >= 15 is 0 Å². The summed E-state index contributed by atoms with van der Waals surface area (Å²) in [6, 6.07) is 0. The standard InChI is InChI=1S/C15H29N5/c1-11(2)9-7-5-6-8-10-17-14-12(3)15(20-16)19-13(4)18-14/h11H,5-10,16H2,1-4H3,(H2,17,18,19,20). The molecule has 0 unspecified atom stereocenters. The molecule has 114 valence electrons. The fourth-order valence-electron chi connectivity index (χ4n) is 2.18. The lowest BCUT2D eigenvalue weighted by molar-refractivity contribution is 0.523. The van der Waals surface area contributed by atoms with Crippen LogP contribution in [-0.2, 0) is 0 Å². The summed E-state index contributed by atoms with van der Waals surface area (Å²) in [7, 11) is 0. The monoisotopic (exact) mass is 279 g/mol. The van der Waals surface area contributed by atoms with Gasteiger partial charge in [-0.2, -0.15) is 0 Å². The predicted octanol–water partition coefficient (Wildman–Crippen LogP) is 3.40. The number of aromatic nitrogens is 2. The minimum absolute atomic E-state index is 0.692. The molecular weight excluding hydrogens is 250 g/mol. The van der Waals surface area contributed by atoms with Gasteiger partial charge < -0.3 is 10.7 Å². The molecule has 0 amide bonds. The molecule has 1 aromatic heterocycles. The summed E-state index contributed by atoms with van der Waals surface area (Å²) >= 11 is 0. The molecular formula is C15H29N5. The highest BCUT2D eigenvalue weighted by Crippen LogP contribution is 2.19. The summed E-state index contributed by atoms with van der Waals surface area (Å²) in [5.74, 6) is 8.57. The molecule has 0 saturated heterocycles. The Morgan fingerprint density at radius 3 is 2.30 bits per heavy atom. The zero-order valence-corrected chi connectivity index (χ0v) is 13.3. The number of rotatable bonds is 9. The number of hydrogen-bond acceptors (Lipinski definition) is 5. The molecule has 0 aliphatic heterocycles. The fourth-order valence-corrected chi connectivity index (χ4v) is 2.18. The Labute approximate surface area is 122 Å². The van der Waals surface area contributed by atoms with Crippen LogP contribution < -0.4 is 16.6 Å². The highest BCUT2D eigenvalue weighted by atomic mass is 15.3. The number of aryl methyl sites for hydroxylation is 1. The first-order valence-corrected chi connectivity index (χ1v) is 7.60. The van der Waals surface area contributed by atoms with E-state index in [1.54, 1.807) is 0 Å². The lowest BCUT2D eigenvalue weighted by atomic mass is 10.0. The molecule has 0 aromatic carbocycles. The van der Waals surface area contributed by atoms with Gasteiger partial charge in [-0.1, -0.05) is 39.5 Å². The number of hydrogen-bond donors (Lipinski definition) is 3. The topological polar surface area (TPSA) is 75.9 Å². The number of nitrogens with two attached hydrogens (primary N) is 1. The van der Waals surface area contributed by atoms with Crippen LogP contribution in [0, 0.1) is 19.8 Å². The molecule has 0 spiro atoms. The van der Waals surface area contributed by atoms with E-state index in [0.29, 0.717) is 5.82 Å². The Morgan fingerprint density at radius 1 is 1.00 bits per heavy atom. The van der Waals surface area contributed by atoms with Crippen molar-refractivity contribution in [2.75, 3.05) is 17.3 Å². The van der Waals surface area contributed by atoms with Crippen molar-refractivity contribution in [2.24, 2.45) is 11.8 Å². The van der Waals surface area contributed by atoms with Crippen LogP contribution in [0.25, 0.3) is 0 Å². The van der Waals surface area contributed by atoms with Crippen LogP contribution in [0.15, 0.2) is 0 Å². The predicted molar refractivity (Wildman–Crippen MR) is 85.7 cm³/mol.